The van der Waals surface area contributed by atoms with Crippen molar-refractivity contribution in [1.82, 2.24) is 25.0 Å². The summed E-state index contributed by atoms with van der Waals surface area (Å²) in [7, 11) is 0. The van der Waals surface area contributed by atoms with Crippen LogP contribution in [-0.4, -0.2) is 49.4 Å². The van der Waals surface area contributed by atoms with Gasteiger partial charge in [0, 0.05) is 13.1 Å². The van der Waals surface area contributed by atoms with Gasteiger partial charge in [-0.25, -0.2) is 9.59 Å². The van der Waals surface area contributed by atoms with Gasteiger partial charge in [-0.1, -0.05) is 13.8 Å². The third-order valence-electron chi connectivity index (χ3n) is 3.23. The van der Waals surface area contributed by atoms with Crippen LogP contribution in [0.4, 0.5) is 4.79 Å². The fourth-order valence-corrected chi connectivity index (χ4v) is 2.17. The number of hydrogen-bond acceptors (Lipinski definition) is 4. The van der Waals surface area contributed by atoms with Crippen molar-refractivity contribution in [3.63, 3.8) is 0 Å². The second-order valence-electron chi connectivity index (χ2n) is 5.33. The van der Waals surface area contributed by atoms with E-state index in [0.717, 1.165) is 0 Å². The number of nitrogens with one attached hydrogen (secondary N) is 1. The Balaban J connectivity index is 1.96. The molecule has 1 aliphatic heterocycles. The average Bonchev–Trinajstić information content (AvgIpc) is 2.84. The van der Waals surface area contributed by atoms with Crippen LogP contribution in [-0.2, 0) is 17.9 Å². The molecule has 0 saturated heterocycles. The van der Waals surface area contributed by atoms with Crippen molar-refractivity contribution in [2.45, 2.75) is 39.4 Å². The number of nitrogens with zero attached hydrogens (tertiary/aromatic N) is 4. The Kier molecular flexibility index (Phi) is 4.21. The largest absolute Gasteiger partial charge is 0.480 e. The molecule has 0 unspecified atom stereocenters. The predicted octanol–water partition coefficient (Wildman–Crippen LogP) is 0.303. The number of carbonyl (C=O) groups is 2. The van der Waals surface area contributed by atoms with Crippen LogP contribution < -0.4 is 5.32 Å². The van der Waals surface area contributed by atoms with Gasteiger partial charge in [-0.15, -0.1) is 10.2 Å². The molecule has 2 rings (SSSR count). The van der Waals surface area contributed by atoms with Crippen LogP contribution in [0.5, 0.6) is 0 Å². The maximum Gasteiger partial charge on any atom is 0.326 e. The molecule has 2 N–H and O–H groups in total. The van der Waals surface area contributed by atoms with Gasteiger partial charge in [0.2, 0.25) is 0 Å². The van der Waals surface area contributed by atoms with Crippen LogP contribution in [0, 0.1) is 5.92 Å². The van der Waals surface area contributed by atoms with E-state index in [1.165, 1.54) is 0 Å². The standard InChI is InChI=1S/C12H19N5O3/c1-8(2)5-9(11(18)19)14-12(20)16-3-4-17-7-13-15-10(17)6-16/h7-9H,3-6H2,1-2H3,(H,14,20)(H,18,19)/t9-/m1/s1. The number of aromatic nitrogens is 3. The molecule has 110 valence electrons. The maximum absolute atomic E-state index is 12.1. The molecule has 8 nitrogen and oxygen atoms in total. The van der Waals surface area contributed by atoms with Crippen molar-refractivity contribution in [2.24, 2.45) is 5.92 Å². The van der Waals surface area contributed by atoms with E-state index in [-0.39, 0.29) is 11.9 Å². The number of carboxylic acid groups (broad SMARTS) is 1. The normalized spacial score (nSPS) is 15.8. The Labute approximate surface area is 116 Å². The molecular weight excluding hydrogens is 262 g/mol. The average molecular weight is 281 g/mol. The summed E-state index contributed by atoms with van der Waals surface area (Å²) in [5.74, 6) is -0.102. The van der Waals surface area contributed by atoms with Gasteiger partial charge < -0.3 is 19.9 Å². The Morgan fingerprint density at radius 3 is 2.85 bits per heavy atom. The predicted molar refractivity (Wildman–Crippen MR) is 69.8 cm³/mol. The fourth-order valence-electron chi connectivity index (χ4n) is 2.17. The molecule has 2 amide bonds. The summed E-state index contributed by atoms with van der Waals surface area (Å²) in [6.07, 6.45) is 2.04. The third-order valence-corrected chi connectivity index (χ3v) is 3.23. The van der Waals surface area contributed by atoms with Crippen molar-refractivity contribution >= 4 is 12.0 Å². The zero-order chi connectivity index (χ0) is 14.7. The number of hydrogen-bond donors (Lipinski definition) is 2. The van der Waals surface area contributed by atoms with Gasteiger partial charge in [0.15, 0.2) is 5.82 Å². The molecule has 0 aromatic carbocycles. The van der Waals surface area contributed by atoms with Gasteiger partial charge >= 0.3 is 12.0 Å². The van der Waals surface area contributed by atoms with Gasteiger partial charge in [-0.2, -0.15) is 0 Å². The molecule has 1 atom stereocenters. The summed E-state index contributed by atoms with van der Waals surface area (Å²) in [5, 5.41) is 19.4. The molecular formula is C12H19N5O3. The van der Waals surface area contributed by atoms with Crippen LogP contribution in [0.25, 0.3) is 0 Å². The Morgan fingerprint density at radius 1 is 1.45 bits per heavy atom. The quantitative estimate of drug-likeness (QED) is 0.827. The maximum atomic E-state index is 12.1. The highest BCUT2D eigenvalue weighted by Crippen LogP contribution is 2.10. The van der Waals surface area contributed by atoms with E-state index in [0.29, 0.717) is 31.9 Å². The zero-order valence-electron chi connectivity index (χ0n) is 11.6. The van der Waals surface area contributed by atoms with Crippen molar-refractivity contribution in [1.29, 1.82) is 0 Å². The Hall–Kier alpha value is -2.12. The van der Waals surface area contributed by atoms with Crippen molar-refractivity contribution in [2.75, 3.05) is 6.54 Å². The first kappa shape index (κ1) is 14.3. The lowest BCUT2D eigenvalue weighted by atomic mass is 10.0. The van der Waals surface area contributed by atoms with E-state index in [1.54, 1.807) is 11.2 Å². The second-order valence-corrected chi connectivity index (χ2v) is 5.33. The number of fused-ring (bicyclic) bond motifs is 1. The Morgan fingerprint density at radius 2 is 2.20 bits per heavy atom. The minimum absolute atomic E-state index is 0.195. The molecule has 0 bridgehead atoms. The number of aliphatic carboxylic acids is 1. The Bertz CT molecular complexity index is 499. The van der Waals surface area contributed by atoms with E-state index in [2.05, 4.69) is 15.5 Å². The van der Waals surface area contributed by atoms with Gasteiger partial charge in [-0.05, 0) is 12.3 Å². The van der Waals surface area contributed by atoms with E-state index in [1.807, 2.05) is 18.4 Å². The van der Waals surface area contributed by atoms with E-state index >= 15 is 0 Å². The first-order chi connectivity index (χ1) is 9.47. The van der Waals surface area contributed by atoms with Crippen LogP contribution in [0.3, 0.4) is 0 Å². The lowest BCUT2D eigenvalue weighted by Crippen LogP contribution is -2.50. The second kappa shape index (κ2) is 5.89. The molecule has 20 heavy (non-hydrogen) atoms. The van der Waals surface area contributed by atoms with Crippen LogP contribution >= 0.6 is 0 Å². The summed E-state index contributed by atoms with van der Waals surface area (Å²) < 4.78 is 1.88. The summed E-state index contributed by atoms with van der Waals surface area (Å²) >= 11 is 0. The molecule has 1 aromatic heterocycles. The molecule has 0 fully saturated rings. The summed E-state index contributed by atoms with van der Waals surface area (Å²) in [6, 6.07) is -1.23. The lowest BCUT2D eigenvalue weighted by molar-refractivity contribution is -0.139. The van der Waals surface area contributed by atoms with E-state index < -0.39 is 12.0 Å². The third kappa shape index (κ3) is 3.25. The molecule has 1 aromatic rings. The van der Waals surface area contributed by atoms with E-state index in [9.17, 15) is 9.59 Å². The highest BCUT2D eigenvalue weighted by Gasteiger charge is 2.26. The van der Waals surface area contributed by atoms with Crippen molar-refractivity contribution in [3.8, 4) is 0 Å². The van der Waals surface area contributed by atoms with Crippen LogP contribution in [0.15, 0.2) is 6.33 Å². The number of carboxylic acids is 1. The van der Waals surface area contributed by atoms with Gasteiger partial charge in [0.1, 0.15) is 12.4 Å². The highest BCUT2D eigenvalue weighted by atomic mass is 16.4. The molecule has 0 radical (unpaired) electrons. The van der Waals surface area contributed by atoms with Crippen LogP contribution in [0.2, 0.25) is 0 Å². The van der Waals surface area contributed by atoms with Gasteiger partial charge in [-0.3, -0.25) is 0 Å². The molecule has 8 heteroatoms. The van der Waals surface area contributed by atoms with Crippen molar-refractivity contribution < 1.29 is 14.7 Å². The number of carbonyl (C=O) groups excluding carboxylic acids is 1. The summed E-state index contributed by atoms with van der Waals surface area (Å²) in [4.78, 5) is 24.8. The minimum atomic E-state index is -1.01. The molecule has 0 spiro atoms. The molecule has 1 aliphatic rings. The SMILES string of the molecule is CC(C)C[C@@H](NC(=O)N1CCn2cnnc2C1)C(=O)O. The molecule has 2 heterocycles. The monoisotopic (exact) mass is 281 g/mol. The fraction of sp³-hybridized carbons (Fsp3) is 0.667. The highest BCUT2D eigenvalue weighted by molar-refractivity contribution is 5.82. The van der Waals surface area contributed by atoms with Crippen molar-refractivity contribution in [3.05, 3.63) is 12.2 Å². The first-order valence-corrected chi connectivity index (χ1v) is 6.62. The number of rotatable bonds is 4. The summed E-state index contributed by atoms with van der Waals surface area (Å²) in [6.45, 7) is 5.33. The van der Waals surface area contributed by atoms with E-state index in [4.69, 9.17) is 5.11 Å². The summed E-state index contributed by atoms with van der Waals surface area (Å²) in [5.41, 5.74) is 0. The molecule has 0 aliphatic carbocycles. The lowest BCUT2D eigenvalue weighted by Gasteiger charge is -2.28. The smallest absolute Gasteiger partial charge is 0.326 e. The van der Waals surface area contributed by atoms with Crippen LogP contribution in [0.1, 0.15) is 26.1 Å². The molecule has 0 saturated carbocycles. The number of urea groups is 1. The van der Waals surface area contributed by atoms with Gasteiger partial charge in [0.05, 0.1) is 6.54 Å². The minimum Gasteiger partial charge on any atom is -0.480 e. The van der Waals surface area contributed by atoms with Gasteiger partial charge in [0.25, 0.3) is 0 Å². The topological polar surface area (TPSA) is 100 Å². The zero-order valence-corrected chi connectivity index (χ0v) is 11.6. The number of amides is 2. The first-order valence-electron chi connectivity index (χ1n) is 6.62.